The van der Waals surface area contributed by atoms with Crippen LogP contribution in [0.1, 0.15) is 54.9 Å². The van der Waals surface area contributed by atoms with Crippen molar-refractivity contribution >= 4 is 0 Å². The van der Waals surface area contributed by atoms with Gasteiger partial charge >= 0.3 is 0 Å². The third kappa shape index (κ3) is 4.63. The van der Waals surface area contributed by atoms with E-state index in [1.54, 1.807) is 0 Å². The highest BCUT2D eigenvalue weighted by molar-refractivity contribution is 5.32. The van der Waals surface area contributed by atoms with Crippen LogP contribution in [0.4, 0.5) is 0 Å². The molecule has 0 aromatic carbocycles. The van der Waals surface area contributed by atoms with E-state index in [9.17, 15) is 0 Å². The zero-order chi connectivity index (χ0) is 18.4. The topological polar surface area (TPSA) is 12.5 Å². The zero-order valence-corrected chi connectivity index (χ0v) is 16.9. The maximum atomic E-state index is 6.13. The van der Waals surface area contributed by atoms with Gasteiger partial charge in [0.05, 0.1) is 0 Å². The van der Waals surface area contributed by atoms with Gasteiger partial charge in [0.25, 0.3) is 0 Å². The summed E-state index contributed by atoms with van der Waals surface area (Å²) >= 11 is 0. The fraction of sp³-hybridized carbons (Fsp3) is 0.636. The highest BCUT2D eigenvalue weighted by Crippen LogP contribution is 2.48. The first kappa shape index (κ1) is 20.8. The predicted molar refractivity (Wildman–Crippen MR) is 106 cm³/mol. The molecule has 0 saturated carbocycles. The van der Waals surface area contributed by atoms with Gasteiger partial charge in [-0.3, -0.25) is 4.90 Å². The van der Waals surface area contributed by atoms with Gasteiger partial charge in [0.15, 0.2) is 0 Å². The standard InChI is InChI=1S/C22H37NO/c1-9-19(5)21(6,7)22(8)15-13-12-14-20(18(4)16-22)24-17-23(10-2)11-3/h9,13-16,19H,1,10-12,17H2,2-8H3/b15-13-,18-16-,20-14+. The lowest BCUT2D eigenvalue weighted by atomic mass is 9.59. The summed E-state index contributed by atoms with van der Waals surface area (Å²) < 4.78 is 6.13. The molecule has 0 heterocycles. The van der Waals surface area contributed by atoms with Gasteiger partial charge in [0.1, 0.15) is 12.5 Å². The Bertz CT molecular complexity index is 508. The van der Waals surface area contributed by atoms with Crippen molar-refractivity contribution in [3.63, 3.8) is 0 Å². The summed E-state index contributed by atoms with van der Waals surface area (Å²) in [6, 6.07) is 0. The molecule has 0 saturated heterocycles. The van der Waals surface area contributed by atoms with Crippen LogP contribution < -0.4 is 0 Å². The van der Waals surface area contributed by atoms with Crippen molar-refractivity contribution in [1.29, 1.82) is 0 Å². The van der Waals surface area contributed by atoms with Crippen molar-refractivity contribution in [1.82, 2.24) is 4.90 Å². The van der Waals surface area contributed by atoms with Crippen molar-refractivity contribution in [3.8, 4) is 0 Å². The Labute approximate surface area is 150 Å². The third-order valence-corrected chi connectivity index (χ3v) is 5.99. The van der Waals surface area contributed by atoms with E-state index in [2.05, 4.69) is 90.3 Å². The second-order valence-electron chi connectivity index (χ2n) is 7.64. The highest BCUT2D eigenvalue weighted by Gasteiger charge is 2.40. The molecule has 1 aliphatic carbocycles. The molecule has 0 fully saturated rings. The van der Waals surface area contributed by atoms with Gasteiger partial charge < -0.3 is 4.74 Å². The Kier molecular flexibility index (Phi) is 7.54. The molecule has 0 aromatic heterocycles. The third-order valence-electron chi connectivity index (χ3n) is 5.99. The van der Waals surface area contributed by atoms with Crippen LogP contribution in [0.15, 0.2) is 48.3 Å². The summed E-state index contributed by atoms with van der Waals surface area (Å²) in [4.78, 5) is 2.28. The monoisotopic (exact) mass is 331 g/mol. The number of rotatable bonds is 8. The molecule has 0 radical (unpaired) electrons. The van der Waals surface area contributed by atoms with Crippen LogP contribution in [-0.2, 0) is 4.74 Å². The molecule has 0 bridgehead atoms. The molecule has 2 unspecified atom stereocenters. The average Bonchev–Trinajstić information content (AvgIpc) is 2.54. The highest BCUT2D eigenvalue weighted by atomic mass is 16.5. The number of nitrogens with zero attached hydrogens (tertiary/aromatic N) is 1. The van der Waals surface area contributed by atoms with Crippen LogP contribution in [-0.4, -0.2) is 24.7 Å². The molecule has 1 rings (SSSR count). The largest absolute Gasteiger partial charge is 0.478 e. The molecule has 136 valence electrons. The lowest BCUT2D eigenvalue weighted by Gasteiger charge is -2.45. The lowest BCUT2D eigenvalue weighted by molar-refractivity contribution is 0.0830. The van der Waals surface area contributed by atoms with Gasteiger partial charge in [-0.1, -0.05) is 65.8 Å². The molecule has 0 spiro atoms. The van der Waals surface area contributed by atoms with Crippen LogP contribution in [0.5, 0.6) is 0 Å². The Balaban J connectivity index is 3.09. The molecule has 0 aliphatic heterocycles. The zero-order valence-electron chi connectivity index (χ0n) is 16.9. The summed E-state index contributed by atoms with van der Waals surface area (Å²) in [5.41, 5.74) is 1.26. The summed E-state index contributed by atoms with van der Waals surface area (Å²) in [6.45, 7) is 22.4. The minimum Gasteiger partial charge on any atom is -0.478 e. The quantitative estimate of drug-likeness (QED) is 0.403. The molecule has 2 nitrogen and oxygen atoms in total. The fourth-order valence-electron chi connectivity index (χ4n) is 3.14. The Morgan fingerprint density at radius 2 is 2.00 bits per heavy atom. The van der Waals surface area contributed by atoms with E-state index in [-0.39, 0.29) is 10.8 Å². The van der Waals surface area contributed by atoms with Crippen molar-refractivity contribution in [2.75, 3.05) is 19.8 Å². The van der Waals surface area contributed by atoms with Crippen LogP contribution in [0.25, 0.3) is 0 Å². The first-order valence-electron chi connectivity index (χ1n) is 9.27. The maximum Gasteiger partial charge on any atom is 0.142 e. The lowest BCUT2D eigenvalue weighted by Crippen LogP contribution is -2.37. The molecule has 2 heteroatoms. The van der Waals surface area contributed by atoms with E-state index in [0.717, 1.165) is 25.3 Å². The maximum absolute atomic E-state index is 6.13. The van der Waals surface area contributed by atoms with E-state index in [4.69, 9.17) is 4.74 Å². The fourth-order valence-corrected chi connectivity index (χ4v) is 3.14. The molecule has 0 amide bonds. The van der Waals surface area contributed by atoms with Crippen molar-refractivity contribution < 1.29 is 4.74 Å². The van der Waals surface area contributed by atoms with E-state index in [1.165, 1.54) is 5.57 Å². The summed E-state index contributed by atoms with van der Waals surface area (Å²) in [5.74, 6) is 1.43. The van der Waals surface area contributed by atoms with E-state index in [1.807, 2.05) is 0 Å². The predicted octanol–water partition coefficient (Wildman–Crippen LogP) is 5.95. The molecule has 1 aliphatic rings. The van der Waals surface area contributed by atoms with E-state index < -0.39 is 0 Å². The number of ether oxygens (including phenoxy) is 1. The van der Waals surface area contributed by atoms with Crippen molar-refractivity contribution in [2.45, 2.75) is 54.9 Å². The first-order valence-corrected chi connectivity index (χ1v) is 9.27. The van der Waals surface area contributed by atoms with Gasteiger partial charge in [0.2, 0.25) is 0 Å². The molecular weight excluding hydrogens is 294 g/mol. The minimum atomic E-state index is -0.0389. The summed E-state index contributed by atoms with van der Waals surface area (Å²) in [7, 11) is 0. The molecular formula is C22H37NO. The molecule has 0 N–H and O–H groups in total. The van der Waals surface area contributed by atoms with Gasteiger partial charge in [0, 0.05) is 5.41 Å². The molecule has 0 aromatic rings. The number of hydrogen-bond donors (Lipinski definition) is 0. The van der Waals surface area contributed by atoms with Crippen molar-refractivity contribution in [3.05, 3.63) is 48.3 Å². The van der Waals surface area contributed by atoms with E-state index >= 15 is 0 Å². The summed E-state index contributed by atoms with van der Waals surface area (Å²) in [5, 5.41) is 0. The van der Waals surface area contributed by atoms with Crippen LogP contribution in [0.2, 0.25) is 0 Å². The van der Waals surface area contributed by atoms with Gasteiger partial charge in [-0.15, -0.1) is 6.58 Å². The van der Waals surface area contributed by atoms with Crippen LogP contribution in [0.3, 0.4) is 0 Å². The number of hydrogen-bond acceptors (Lipinski definition) is 2. The Morgan fingerprint density at radius 3 is 2.54 bits per heavy atom. The van der Waals surface area contributed by atoms with Crippen LogP contribution >= 0.6 is 0 Å². The second-order valence-corrected chi connectivity index (χ2v) is 7.64. The molecule has 2 atom stereocenters. The smallest absolute Gasteiger partial charge is 0.142 e. The average molecular weight is 332 g/mol. The van der Waals surface area contributed by atoms with Gasteiger partial charge in [-0.2, -0.15) is 0 Å². The molecule has 24 heavy (non-hydrogen) atoms. The minimum absolute atomic E-state index is 0.0389. The number of allylic oxidation sites excluding steroid dienone is 6. The summed E-state index contributed by atoms with van der Waals surface area (Å²) in [6.07, 6.45) is 12.2. The van der Waals surface area contributed by atoms with E-state index in [0.29, 0.717) is 12.6 Å². The normalized spacial score (nSPS) is 28.8. The Morgan fingerprint density at radius 1 is 1.38 bits per heavy atom. The van der Waals surface area contributed by atoms with Gasteiger partial charge in [-0.05, 0) is 49.4 Å². The SMILES string of the molecule is C=CC(C)C(C)(C)C1(C)/C=C\C/C=C(OCN(CC)CC)\C(C)=C/1. The second kappa shape index (κ2) is 8.71. The first-order chi connectivity index (χ1) is 11.2. The van der Waals surface area contributed by atoms with Gasteiger partial charge in [-0.25, -0.2) is 0 Å². The van der Waals surface area contributed by atoms with Crippen LogP contribution in [0, 0.1) is 16.7 Å². The Hall–Kier alpha value is -1.28. The van der Waals surface area contributed by atoms with Crippen molar-refractivity contribution in [2.24, 2.45) is 16.7 Å².